The Kier molecular flexibility index (Phi) is 17.7. The van der Waals surface area contributed by atoms with Gasteiger partial charge in [-0.25, -0.2) is 0 Å². The topological polar surface area (TPSA) is 0 Å². The second kappa shape index (κ2) is 19.3. The van der Waals surface area contributed by atoms with E-state index in [9.17, 15) is 0 Å². The molecule has 1 aromatic rings. The van der Waals surface area contributed by atoms with Crippen molar-refractivity contribution in [1.82, 2.24) is 0 Å². The van der Waals surface area contributed by atoms with Crippen LogP contribution in [0.2, 0.25) is 17.7 Å². The van der Waals surface area contributed by atoms with Crippen LogP contribution in [0.15, 0.2) is 24.3 Å². The maximum absolute atomic E-state index is 6.22. The van der Waals surface area contributed by atoms with Crippen LogP contribution in [-0.4, -0.2) is 6.71 Å². The molecular weight excluding hydrogens is 383 g/mol. The zero-order chi connectivity index (χ0) is 21.9. The van der Waals surface area contributed by atoms with Gasteiger partial charge < -0.3 is 0 Å². The van der Waals surface area contributed by atoms with Gasteiger partial charge in [-0.1, -0.05) is 165 Å². The summed E-state index contributed by atoms with van der Waals surface area (Å²) in [6, 6.07) is 8.86. The van der Waals surface area contributed by atoms with Gasteiger partial charge in [0, 0.05) is 5.02 Å². The molecule has 1 unspecified atom stereocenters. The van der Waals surface area contributed by atoms with Gasteiger partial charge in [0.15, 0.2) is 0 Å². The SMILES string of the molecule is CCCCCCCB(CCCCCCC)C(CCCCCCC)c1ccc(Cl)cc1. The van der Waals surface area contributed by atoms with E-state index in [4.69, 9.17) is 11.6 Å². The maximum atomic E-state index is 6.22. The third-order valence-electron chi connectivity index (χ3n) is 6.84. The molecular formula is C28H50BCl. The molecule has 0 aliphatic rings. The van der Waals surface area contributed by atoms with Gasteiger partial charge in [-0.3, -0.25) is 0 Å². The molecule has 1 atom stereocenters. The summed E-state index contributed by atoms with van der Waals surface area (Å²) in [7, 11) is 0. The number of unbranched alkanes of at least 4 members (excludes halogenated alkanes) is 12. The minimum atomic E-state index is 0.723. The minimum absolute atomic E-state index is 0.723. The second-order valence-electron chi connectivity index (χ2n) is 9.53. The normalized spacial score (nSPS) is 12.3. The molecule has 0 fully saturated rings. The lowest BCUT2D eigenvalue weighted by molar-refractivity contribution is 0.591. The first-order chi connectivity index (χ1) is 14.7. The molecule has 0 saturated carbocycles. The molecule has 0 heterocycles. The first-order valence-electron chi connectivity index (χ1n) is 13.5. The Labute approximate surface area is 195 Å². The molecule has 0 aliphatic carbocycles. The van der Waals surface area contributed by atoms with Crippen molar-refractivity contribution in [2.24, 2.45) is 0 Å². The number of halogens is 1. The van der Waals surface area contributed by atoms with Crippen LogP contribution in [0.3, 0.4) is 0 Å². The van der Waals surface area contributed by atoms with E-state index in [0.717, 1.165) is 17.6 Å². The van der Waals surface area contributed by atoms with E-state index in [0.29, 0.717) is 0 Å². The van der Waals surface area contributed by atoms with Crippen LogP contribution in [0.5, 0.6) is 0 Å². The fraction of sp³-hybridized carbons (Fsp3) is 0.786. The highest BCUT2D eigenvalue weighted by atomic mass is 35.5. The van der Waals surface area contributed by atoms with Gasteiger partial charge in [0.1, 0.15) is 6.71 Å². The lowest BCUT2D eigenvalue weighted by Gasteiger charge is -2.26. The Morgan fingerprint density at radius 1 is 0.600 bits per heavy atom. The van der Waals surface area contributed by atoms with Gasteiger partial charge in [0.05, 0.1) is 0 Å². The van der Waals surface area contributed by atoms with Gasteiger partial charge in [-0.05, 0) is 17.9 Å². The standard InChI is InChI=1S/C28H50BCl/c1-4-7-10-13-16-19-28(26-20-22-27(30)23-21-26)29(24-17-14-11-8-5-2)25-18-15-12-9-6-3/h20-23,28H,4-19,24-25H2,1-3H3. The van der Waals surface area contributed by atoms with Crippen LogP contribution in [0.25, 0.3) is 0 Å². The Morgan fingerprint density at radius 2 is 1.03 bits per heavy atom. The summed E-state index contributed by atoms with van der Waals surface area (Å²) in [4.78, 5) is 0. The quantitative estimate of drug-likeness (QED) is 0.142. The summed E-state index contributed by atoms with van der Waals surface area (Å²) < 4.78 is 0. The maximum Gasteiger partial charge on any atom is 0.148 e. The van der Waals surface area contributed by atoms with Gasteiger partial charge in [0.25, 0.3) is 0 Å². The van der Waals surface area contributed by atoms with Gasteiger partial charge in [-0.2, -0.15) is 0 Å². The zero-order valence-corrected chi connectivity index (χ0v) is 21.3. The average molecular weight is 433 g/mol. The van der Waals surface area contributed by atoms with Crippen molar-refractivity contribution in [3.05, 3.63) is 34.9 Å². The summed E-state index contributed by atoms with van der Waals surface area (Å²) in [5, 5.41) is 0.871. The van der Waals surface area contributed by atoms with Crippen molar-refractivity contribution >= 4 is 18.3 Å². The lowest BCUT2D eigenvalue weighted by atomic mass is 9.34. The van der Waals surface area contributed by atoms with Crippen LogP contribution in [0.1, 0.15) is 135 Å². The summed E-state index contributed by atoms with van der Waals surface area (Å²) in [6.45, 7) is 7.78. The molecule has 0 aliphatic heterocycles. The molecule has 0 bridgehead atoms. The summed E-state index contributed by atoms with van der Waals surface area (Å²) in [5.41, 5.74) is 1.54. The monoisotopic (exact) mass is 432 g/mol. The van der Waals surface area contributed by atoms with Crippen LogP contribution in [0.4, 0.5) is 0 Å². The Bertz CT molecular complexity index is 470. The summed E-state index contributed by atoms with van der Waals surface area (Å²) in [5.74, 6) is 0.723. The molecule has 0 aromatic heterocycles. The van der Waals surface area contributed by atoms with E-state index in [-0.39, 0.29) is 0 Å². The van der Waals surface area contributed by atoms with E-state index in [1.165, 1.54) is 115 Å². The molecule has 0 saturated heterocycles. The van der Waals surface area contributed by atoms with E-state index in [2.05, 4.69) is 45.0 Å². The van der Waals surface area contributed by atoms with Crippen LogP contribution in [-0.2, 0) is 0 Å². The molecule has 0 nitrogen and oxygen atoms in total. The number of hydrogen-bond donors (Lipinski definition) is 0. The van der Waals surface area contributed by atoms with Crippen LogP contribution >= 0.6 is 11.6 Å². The fourth-order valence-electron chi connectivity index (χ4n) is 4.92. The van der Waals surface area contributed by atoms with Gasteiger partial charge >= 0.3 is 0 Å². The van der Waals surface area contributed by atoms with E-state index in [1.54, 1.807) is 5.56 Å². The van der Waals surface area contributed by atoms with Crippen molar-refractivity contribution in [2.75, 3.05) is 0 Å². The number of rotatable bonds is 20. The summed E-state index contributed by atoms with van der Waals surface area (Å²) in [6.07, 6.45) is 25.1. The van der Waals surface area contributed by atoms with Crippen molar-refractivity contribution in [3.63, 3.8) is 0 Å². The largest absolute Gasteiger partial charge is 0.148 e. The predicted molar refractivity (Wildman–Crippen MR) is 140 cm³/mol. The lowest BCUT2D eigenvalue weighted by Crippen LogP contribution is -2.24. The predicted octanol–water partition coefficient (Wildman–Crippen LogP) is 10.8. The first kappa shape index (κ1) is 27.6. The molecule has 0 N–H and O–H groups in total. The smallest absolute Gasteiger partial charge is 0.0843 e. The van der Waals surface area contributed by atoms with Crippen LogP contribution < -0.4 is 0 Å². The average Bonchev–Trinajstić information content (AvgIpc) is 2.76. The molecule has 0 spiro atoms. The third kappa shape index (κ3) is 13.1. The second-order valence-corrected chi connectivity index (χ2v) is 9.96. The Balaban J connectivity index is 2.74. The van der Waals surface area contributed by atoms with Gasteiger partial charge in [-0.15, -0.1) is 0 Å². The third-order valence-corrected chi connectivity index (χ3v) is 7.09. The highest BCUT2D eigenvalue weighted by Gasteiger charge is 2.25. The molecule has 0 amide bonds. The minimum Gasteiger partial charge on any atom is -0.0843 e. The first-order valence-corrected chi connectivity index (χ1v) is 13.9. The molecule has 1 aromatic carbocycles. The molecule has 0 radical (unpaired) electrons. The Hall–Kier alpha value is -0.425. The molecule has 2 heteroatoms. The van der Waals surface area contributed by atoms with Crippen molar-refractivity contribution < 1.29 is 0 Å². The molecule has 1 rings (SSSR count). The highest BCUT2D eigenvalue weighted by molar-refractivity contribution is 6.60. The van der Waals surface area contributed by atoms with Crippen molar-refractivity contribution in [3.8, 4) is 0 Å². The van der Waals surface area contributed by atoms with Gasteiger partial charge in [0.2, 0.25) is 0 Å². The van der Waals surface area contributed by atoms with Crippen molar-refractivity contribution in [2.45, 2.75) is 142 Å². The van der Waals surface area contributed by atoms with Crippen LogP contribution in [0, 0.1) is 0 Å². The molecule has 30 heavy (non-hydrogen) atoms. The van der Waals surface area contributed by atoms with Crippen molar-refractivity contribution in [1.29, 1.82) is 0 Å². The van der Waals surface area contributed by atoms with E-state index in [1.807, 2.05) is 0 Å². The fourth-order valence-corrected chi connectivity index (χ4v) is 5.05. The number of benzene rings is 1. The summed E-state index contributed by atoms with van der Waals surface area (Å²) >= 11 is 6.22. The van der Waals surface area contributed by atoms with E-state index < -0.39 is 0 Å². The number of hydrogen-bond acceptors (Lipinski definition) is 0. The molecule has 172 valence electrons. The Morgan fingerprint density at radius 3 is 1.50 bits per heavy atom. The van der Waals surface area contributed by atoms with E-state index >= 15 is 0 Å². The highest BCUT2D eigenvalue weighted by Crippen LogP contribution is 2.32. The zero-order valence-electron chi connectivity index (χ0n) is 20.6.